The van der Waals surface area contributed by atoms with Crippen LogP contribution in [0.2, 0.25) is 0 Å². The number of benzene rings is 1. The summed E-state index contributed by atoms with van der Waals surface area (Å²) < 4.78 is 5.32. The zero-order chi connectivity index (χ0) is 26.1. The average Bonchev–Trinajstić information content (AvgIpc) is 3.70. The first kappa shape index (κ1) is 24.7. The lowest BCUT2D eigenvalue weighted by molar-refractivity contribution is -0.105. The number of morpholine rings is 1. The standard InChI is InChI=1S/C26H29N7O4S/c34-15-27-19-14-16(6-9-32-7-1-2-8-32)38-25(19)23-21-22(29-30-23)17-4-3-5-18(20(17)24(21)35)28-26(36)31-33-10-12-37-13-11-33/h3-5,14-15H,1-2,6-13H2,(H,27,34)(H,29,30)(H2,28,31,36). The summed E-state index contributed by atoms with van der Waals surface area (Å²) in [7, 11) is 0. The molecule has 12 heteroatoms. The number of amides is 3. The van der Waals surface area contributed by atoms with Gasteiger partial charge in [-0.25, -0.2) is 9.80 Å². The van der Waals surface area contributed by atoms with E-state index in [9.17, 15) is 14.4 Å². The van der Waals surface area contributed by atoms with Crippen molar-refractivity contribution in [2.24, 2.45) is 0 Å². The molecule has 0 bridgehead atoms. The highest BCUT2D eigenvalue weighted by Gasteiger charge is 2.36. The second-order valence-electron chi connectivity index (χ2n) is 9.56. The number of hydrogen-bond acceptors (Lipinski definition) is 8. The number of likely N-dealkylation sites (tertiary alicyclic amines) is 1. The first-order valence-electron chi connectivity index (χ1n) is 12.8. The van der Waals surface area contributed by atoms with Crippen LogP contribution < -0.4 is 16.1 Å². The number of rotatable bonds is 8. The van der Waals surface area contributed by atoms with E-state index in [1.54, 1.807) is 28.5 Å². The van der Waals surface area contributed by atoms with E-state index in [1.807, 2.05) is 12.1 Å². The van der Waals surface area contributed by atoms with Gasteiger partial charge in [-0.15, -0.1) is 11.3 Å². The maximum atomic E-state index is 13.8. The van der Waals surface area contributed by atoms with E-state index in [-0.39, 0.29) is 5.78 Å². The lowest BCUT2D eigenvalue weighted by Gasteiger charge is -2.27. The summed E-state index contributed by atoms with van der Waals surface area (Å²) in [4.78, 5) is 42.1. The number of hydrogen-bond donors (Lipinski definition) is 4. The van der Waals surface area contributed by atoms with Crippen molar-refractivity contribution in [3.05, 3.63) is 40.3 Å². The van der Waals surface area contributed by atoms with Gasteiger partial charge in [0.15, 0.2) is 5.78 Å². The molecule has 38 heavy (non-hydrogen) atoms. The minimum absolute atomic E-state index is 0.218. The Balaban J connectivity index is 1.26. The maximum Gasteiger partial charge on any atom is 0.333 e. The van der Waals surface area contributed by atoms with Crippen molar-refractivity contribution < 1.29 is 19.1 Å². The molecule has 0 saturated carbocycles. The Hall–Kier alpha value is -3.58. The number of aromatic nitrogens is 2. The molecule has 0 unspecified atom stereocenters. The third-order valence-electron chi connectivity index (χ3n) is 7.16. The maximum absolute atomic E-state index is 13.8. The van der Waals surface area contributed by atoms with Crippen molar-refractivity contribution in [2.75, 3.05) is 56.6 Å². The van der Waals surface area contributed by atoms with E-state index < -0.39 is 6.03 Å². The molecule has 0 radical (unpaired) electrons. The quantitative estimate of drug-likeness (QED) is 0.255. The van der Waals surface area contributed by atoms with Crippen LogP contribution in [0.4, 0.5) is 16.2 Å². The summed E-state index contributed by atoms with van der Waals surface area (Å²) in [6, 6.07) is 6.91. The van der Waals surface area contributed by atoms with Crippen molar-refractivity contribution in [1.29, 1.82) is 0 Å². The van der Waals surface area contributed by atoms with E-state index in [2.05, 4.69) is 31.2 Å². The van der Waals surface area contributed by atoms with E-state index >= 15 is 0 Å². The van der Waals surface area contributed by atoms with Crippen LogP contribution in [0.1, 0.15) is 33.6 Å². The molecule has 11 nitrogen and oxygen atoms in total. The molecule has 4 N–H and O–H groups in total. The zero-order valence-electron chi connectivity index (χ0n) is 20.8. The normalized spacial score (nSPS) is 17.3. The summed E-state index contributed by atoms with van der Waals surface area (Å²) in [6.45, 7) is 5.50. The molecule has 1 aromatic carbocycles. The van der Waals surface area contributed by atoms with Crippen LogP contribution in [0.5, 0.6) is 0 Å². The zero-order valence-corrected chi connectivity index (χ0v) is 21.7. The number of anilines is 2. The highest BCUT2D eigenvalue weighted by Crippen LogP contribution is 2.46. The molecule has 3 amide bonds. The molecule has 4 heterocycles. The summed E-state index contributed by atoms with van der Waals surface area (Å²) in [5, 5.41) is 14.9. The van der Waals surface area contributed by atoms with Crippen molar-refractivity contribution in [3.63, 3.8) is 0 Å². The molecule has 2 saturated heterocycles. The predicted molar refractivity (Wildman–Crippen MR) is 144 cm³/mol. The van der Waals surface area contributed by atoms with Gasteiger partial charge in [-0.3, -0.25) is 20.1 Å². The highest BCUT2D eigenvalue weighted by molar-refractivity contribution is 7.16. The van der Waals surface area contributed by atoms with Crippen LogP contribution in [0.3, 0.4) is 0 Å². The van der Waals surface area contributed by atoms with Gasteiger partial charge in [0.05, 0.1) is 46.3 Å². The Morgan fingerprint density at radius 1 is 1.13 bits per heavy atom. The third-order valence-corrected chi connectivity index (χ3v) is 8.36. The van der Waals surface area contributed by atoms with Gasteiger partial charge in [0.1, 0.15) is 5.69 Å². The lowest BCUT2D eigenvalue weighted by atomic mass is 10.1. The van der Waals surface area contributed by atoms with Gasteiger partial charge in [-0.2, -0.15) is 5.10 Å². The molecule has 6 rings (SSSR count). The van der Waals surface area contributed by atoms with E-state index in [0.29, 0.717) is 72.2 Å². The van der Waals surface area contributed by atoms with Gasteiger partial charge in [0.2, 0.25) is 6.41 Å². The Kier molecular flexibility index (Phi) is 6.94. The monoisotopic (exact) mass is 535 g/mol. The van der Waals surface area contributed by atoms with Gasteiger partial charge < -0.3 is 20.3 Å². The molecule has 1 aliphatic carbocycles. The summed E-state index contributed by atoms with van der Waals surface area (Å²) in [6.07, 6.45) is 3.99. The van der Waals surface area contributed by atoms with E-state index in [1.165, 1.54) is 12.8 Å². The number of H-pyrrole nitrogens is 1. The molecule has 3 aliphatic rings. The Morgan fingerprint density at radius 3 is 2.74 bits per heavy atom. The fraction of sp³-hybridized carbons (Fsp3) is 0.385. The molecular formula is C26H29N7O4S. The lowest BCUT2D eigenvalue weighted by Crippen LogP contribution is -2.49. The van der Waals surface area contributed by atoms with Gasteiger partial charge in [0, 0.05) is 30.1 Å². The highest BCUT2D eigenvalue weighted by atomic mass is 32.1. The Bertz CT molecular complexity index is 1370. The van der Waals surface area contributed by atoms with Crippen molar-refractivity contribution >= 4 is 40.9 Å². The minimum atomic E-state index is -0.416. The largest absolute Gasteiger partial charge is 0.379 e. The van der Waals surface area contributed by atoms with Gasteiger partial charge >= 0.3 is 6.03 Å². The molecular weight excluding hydrogens is 506 g/mol. The number of nitrogens with zero attached hydrogens (tertiary/aromatic N) is 3. The molecule has 2 fully saturated rings. The number of thiophene rings is 1. The number of ether oxygens (including phenoxy) is 1. The molecule has 198 valence electrons. The van der Waals surface area contributed by atoms with Crippen LogP contribution in [0.15, 0.2) is 24.3 Å². The fourth-order valence-electron chi connectivity index (χ4n) is 5.31. The summed E-state index contributed by atoms with van der Waals surface area (Å²) in [5.74, 6) is -0.218. The molecule has 2 aliphatic heterocycles. The first-order chi connectivity index (χ1) is 18.6. The fourth-order valence-corrected chi connectivity index (χ4v) is 6.42. The van der Waals surface area contributed by atoms with Crippen LogP contribution >= 0.6 is 11.3 Å². The second kappa shape index (κ2) is 10.7. The van der Waals surface area contributed by atoms with E-state index in [4.69, 9.17) is 4.74 Å². The Morgan fingerprint density at radius 2 is 1.95 bits per heavy atom. The minimum Gasteiger partial charge on any atom is -0.379 e. The molecule has 0 atom stereocenters. The van der Waals surface area contributed by atoms with Crippen molar-refractivity contribution in [1.82, 2.24) is 25.5 Å². The number of aromatic amines is 1. The van der Waals surface area contributed by atoms with Crippen LogP contribution in [-0.2, 0) is 16.0 Å². The van der Waals surface area contributed by atoms with Crippen molar-refractivity contribution in [3.8, 4) is 21.8 Å². The van der Waals surface area contributed by atoms with Crippen LogP contribution in [0, 0.1) is 0 Å². The molecule has 2 aromatic heterocycles. The van der Waals surface area contributed by atoms with E-state index in [0.717, 1.165) is 35.8 Å². The first-order valence-corrected chi connectivity index (χ1v) is 13.7. The molecule has 3 aromatic rings. The third kappa shape index (κ3) is 4.71. The SMILES string of the molecule is O=CNc1cc(CCN2CCCC2)sc1-c1n[nH]c2c1C(=O)c1c(NC(=O)NN3CCOCC3)cccc1-2. The number of carbonyl (C=O) groups excluding carboxylic acids is 3. The predicted octanol–water partition coefficient (Wildman–Crippen LogP) is 2.92. The van der Waals surface area contributed by atoms with Crippen molar-refractivity contribution in [2.45, 2.75) is 19.3 Å². The number of hydrazine groups is 1. The summed E-state index contributed by atoms with van der Waals surface area (Å²) >= 11 is 1.54. The number of nitrogens with one attached hydrogen (secondary N) is 4. The Labute approximate surface area is 223 Å². The number of fused-ring (bicyclic) bond motifs is 3. The summed E-state index contributed by atoms with van der Waals surface area (Å²) in [5.41, 5.74) is 6.55. The number of ketones is 1. The number of urea groups is 1. The molecule has 0 spiro atoms. The topological polar surface area (TPSA) is 132 Å². The van der Waals surface area contributed by atoms with Crippen LogP contribution in [0.25, 0.3) is 21.8 Å². The number of carbonyl (C=O) groups is 3. The van der Waals surface area contributed by atoms with Gasteiger partial charge in [-0.05, 0) is 44.5 Å². The van der Waals surface area contributed by atoms with Crippen LogP contribution in [-0.4, -0.2) is 84.3 Å². The van der Waals surface area contributed by atoms with Gasteiger partial charge in [-0.1, -0.05) is 12.1 Å². The second-order valence-corrected chi connectivity index (χ2v) is 10.7. The smallest absolute Gasteiger partial charge is 0.333 e. The average molecular weight is 536 g/mol. The van der Waals surface area contributed by atoms with Gasteiger partial charge in [0.25, 0.3) is 0 Å².